The Morgan fingerprint density at radius 2 is 2.30 bits per heavy atom. The maximum Gasteiger partial charge on any atom is 0.255 e. The summed E-state index contributed by atoms with van der Waals surface area (Å²) in [7, 11) is 1.61. The van der Waals surface area contributed by atoms with Gasteiger partial charge in [0.15, 0.2) is 5.82 Å². The highest BCUT2D eigenvalue weighted by atomic mass is 19.1. The number of aryl methyl sites for hydroxylation is 1. The number of nitrogens with zero attached hydrogens (tertiary/aromatic N) is 3. The molecule has 1 amide bonds. The summed E-state index contributed by atoms with van der Waals surface area (Å²) in [6, 6.07) is 1.13. The van der Waals surface area contributed by atoms with Gasteiger partial charge in [0.05, 0.1) is 11.8 Å². The highest BCUT2D eigenvalue weighted by Gasteiger charge is 2.13. The van der Waals surface area contributed by atoms with Crippen molar-refractivity contribution in [2.24, 2.45) is 0 Å². The van der Waals surface area contributed by atoms with Gasteiger partial charge in [0.25, 0.3) is 5.91 Å². The molecule has 0 aliphatic rings. The summed E-state index contributed by atoms with van der Waals surface area (Å²) in [5, 5.41) is 9.02. The lowest BCUT2D eigenvalue weighted by Gasteiger charge is -2.08. The van der Waals surface area contributed by atoms with Crippen LogP contribution in [0.4, 0.5) is 10.2 Å². The van der Waals surface area contributed by atoms with Crippen LogP contribution in [-0.2, 0) is 6.42 Å². The van der Waals surface area contributed by atoms with Crippen LogP contribution in [0.5, 0.6) is 0 Å². The molecule has 2 heterocycles. The van der Waals surface area contributed by atoms with Crippen molar-refractivity contribution in [2.45, 2.75) is 13.3 Å². The summed E-state index contributed by atoms with van der Waals surface area (Å²) in [4.78, 5) is 19.8. The highest BCUT2D eigenvalue weighted by molar-refractivity contribution is 5.98. The van der Waals surface area contributed by atoms with Crippen LogP contribution in [-0.4, -0.2) is 34.6 Å². The van der Waals surface area contributed by atoms with Gasteiger partial charge in [-0.2, -0.15) is 4.98 Å². The summed E-state index contributed by atoms with van der Waals surface area (Å²) < 4.78 is 18.0. The number of carbonyl (C=O) groups excluding carboxylic acids is 1. The molecular formula is C12H14FN5O2. The molecule has 20 heavy (non-hydrogen) atoms. The van der Waals surface area contributed by atoms with E-state index in [2.05, 4.69) is 25.8 Å². The number of anilines is 1. The number of hydrogen-bond acceptors (Lipinski definition) is 6. The van der Waals surface area contributed by atoms with Crippen LogP contribution in [0.3, 0.4) is 0 Å². The number of aromatic nitrogens is 3. The number of halogens is 1. The number of hydrogen-bond donors (Lipinski definition) is 2. The van der Waals surface area contributed by atoms with Crippen LogP contribution >= 0.6 is 0 Å². The highest BCUT2D eigenvalue weighted by Crippen LogP contribution is 2.12. The number of pyridine rings is 1. The van der Waals surface area contributed by atoms with E-state index in [4.69, 9.17) is 4.52 Å². The maximum absolute atomic E-state index is 13.1. The van der Waals surface area contributed by atoms with E-state index in [0.717, 1.165) is 12.3 Å². The molecule has 0 bridgehead atoms. The predicted octanol–water partition coefficient (Wildman–Crippen LogP) is 0.926. The molecule has 2 aromatic rings. The van der Waals surface area contributed by atoms with Crippen molar-refractivity contribution >= 4 is 11.7 Å². The SMILES string of the molecule is CNc1ncc(F)cc1C(=O)NCCc1nc(C)no1. The van der Waals surface area contributed by atoms with Crippen LogP contribution in [0.1, 0.15) is 22.1 Å². The molecule has 0 atom stereocenters. The molecule has 106 valence electrons. The van der Waals surface area contributed by atoms with Crippen molar-refractivity contribution in [3.8, 4) is 0 Å². The number of carbonyl (C=O) groups is 1. The van der Waals surface area contributed by atoms with E-state index in [1.165, 1.54) is 0 Å². The van der Waals surface area contributed by atoms with E-state index < -0.39 is 11.7 Å². The molecule has 0 unspecified atom stereocenters. The summed E-state index contributed by atoms with van der Waals surface area (Å²) in [6.45, 7) is 2.02. The first-order chi connectivity index (χ1) is 9.60. The van der Waals surface area contributed by atoms with E-state index in [0.29, 0.717) is 30.5 Å². The van der Waals surface area contributed by atoms with Crippen molar-refractivity contribution < 1.29 is 13.7 Å². The van der Waals surface area contributed by atoms with Gasteiger partial charge >= 0.3 is 0 Å². The van der Waals surface area contributed by atoms with E-state index >= 15 is 0 Å². The lowest BCUT2D eigenvalue weighted by molar-refractivity contribution is 0.0953. The smallest absolute Gasteiger partial charge is 0.255 e. The first-order valence-electron chi connectivity index (χ1n) is 6.01. The Hall–Kier alpha value is -2.51. The molecule has 0 radical (unpaired) electrons. The Bertz CT molecular complexity index is 614. The molecule has 0 saturated heterocycles. The third-order valence-electron chi connectivity index (χ3n) is 2.53. The molecule has 2 rings (SSSR count). The molecule has 0 fully saturated rings. The first-order valence-corrected chi connectivity index (χ1v) is 6.01. The first kappa shape index (κ1) is 13.9. The van der Waals surface area contributed by atoms with Crippen molar-refractivity contribution in [1.82, 2.24) is 20.4 Å². The van der Waals surface area contributed by atoms with Crippen LogP contribution in [0, 0.1) is 12.7 Å². The number of amides is 1. The topological polar surface area (TPSA) is 92.9 Å². The minimum atomic E-state index is -0.568. The second kappa shape index (κ2) is 6.09. The van der Waals surface area contributed by atoms with Crippen LogP contribution in [0.25, 0.3) is 0 Å². The molecule has 8 heteroatoms. The van der Waals surface area contributed by atoms with E-state index in [1.807, 2.05) is 0 Å². The predicted molar refractivity (Wildman–Crippen MR) is 68.8 cm³/mol. The molecule has 7 nitrogen and oxygen atoms in total. The van der Waals surface area contributed by atoms with Crippen molar-refractivity contribution in [2.75, 3.05) is 18.9 Å². The van der Waals surface area contributed by atoms with Crippen LogP contribution in [0.15, 0.2) is 16.8 Å². The fraction of sp³-hybridized carbons (Fsp3) is 0.333. The molecule has 0 spiro atoms. The molecule has 0 aromatic carbocycles. The van der Waals surface area contributed by atoms with Gasteiger partial charge in [-0.3, -0.25) is 4.79 Å². The van der Waals surface area contributed by atoms with Gasteiger partial charge in [0.1, 0.15) is 11.6 Å². The maximum atomic E-state index is 13.1. The van der Waals surface area contributed by atoms with E-state index in [9.17, 15) is 9.18 Å². The van der Waals surface area contributed by atoms with Crippen molar-refractivity contribution in [3.05, 3.63) is 35.4 Å². The Morgan fingerprint density at radius 3 is 2.95 bits per heavy atom. The lowest BCUT2D eigenvalue weighted by Crippen LogP contribution is -2.27. The minimum Gasteiger partial charge on any atom is -0.372 e. The van der Waals surface area contributed by atoms with Gasteiger partial charge in [0, 0.05) is 20.0 Å². The van der Waals surface area contributed by atoms with Crippen molar-refractivity contribution in [1.29, 1.82) is 0 Å². The average Bonchev–Trinajstić information content (AvgIpc) is 2.84. The van der Waals surface area contributed by atoms with Crippen molar-refractivity contribution in [3.63, 3.8) is 0 Å². The second-order valence-electron chi connectivity index (χ2n) is 4.04. The van der Waals surface area contributed by atoms with Gasteiger partial charge in [-0.1, -0.05) is 5.16 Å². The Labute approximate surface area is 114 Å². The summed E-state index contributed by atoms with van der Waals surface area (Å²) in [5.74, 6) is 0.309. The average molecular weight is 279 g/mol. The largest absolute Gasteiger partial charge is 0.372 e. The number of rotatable bonds is 5. The Morgan fingerprint density at radius 1 is 1.50 bits per heavy atom. The third kappa shape index (κ3) is 3.28. The second-order valence-corrected chi connectivity index (χ2v) is 4.04. The van der Waals surface area contributed by atoms with Crippen LogP contribution < -0.4 is 10.6 Å². The standard InChI is InChI=1S/C12H14FN5O2/c1-7-17-10(20-18-7)3-4-15-12(19)9-5-8(13)6-16-11(9)14-2/h5-6H,3-4H2,1-2H3,(H,14,16)(H,15,19). The minimum absolute atomic E-state index is 0.147. The zero-order chi connectivity index (χ0) is 14.5. The monoisotopic (exact) mass is 279 g/mol. The summed E-state index contributed by atoms with van der Waals surface area (Å²) in [5.41, 5.74) is 0.147. The summed E-state index contributed by atoms with van der Waals surface area (Å²) in [6.07, 6.45) is 1.45. The molecule has 2 aromatic heterocycles. The molecule has 0 aliphatic heterocycles. The zero-order valence-electron chi connectivity index (χ0n) is 11.1. The Balaban J connectivity index is 1.96. The van der Waals surface area contributed by atoms with E-state index in [-0.39, 0.29) is 5.56 Å². The molecule has 0 aliphatic carbocycles. The van der Waals surface area contributed by atoms with Gasteiger partial charge in [-0.05, 0) is 13.0 Å². The fourth-order valence-corrected chi connectivity index (χ4v) is 1.63. The summed E-state index contributed by atoms with van der Waals surface area (Å²) >= 11 is 0. The molecule has 2 N–H and O–H groups in total. The quantitative estimate of drug-likeness (QED) is 0.845. The van der Waals surface area contributed by atoms with Gasteiger partial charge in [-0.15, -0.1) is 0 Å². The molecular weight excluding hydrogens is 265 g/mol. The van der Waals surface area contributed by atoms with E-state index in [1.54, 1.807) is 14.0 Å². The third-order valence-corrected chi connectivity index (χ3v) is 2.53. The van der Waals surface area contributed by atoms with Gasteiger partial charge in [0.2, 0.25) is 5.89 Å². The zero-order valence-corrected chi connectivity index (χ0v) is 11.1. The van der Waals surface area contributed by atoms with Crippen LogP contribution in [0.2, 0.25) is 0 Å². The molecule has 0 saturated carbocycles. The normalized spacial score (nSPS) is 10.3. The number of nitrogens with one attached hydrogen (secondary N) is 2. The van der Waals surface area contributed by atoms with Gasteiger partial charge < -0.3 is 15.2 Å². The Kier molecular flexibility index (Phi) is 4.24. The fourth-order valence-electron chi connectivity index (χ4n) is 1.63. The lowest BCUT2D eigenvalue weighted by atomic mass is 10.2. The van der Waals surface area contributed by atoms with Gasteiger partial charge in [-0.25, -0.2) is 9.37 Å².